The molecule has 2 saturated carbocycles. The molecular weight excluding hydrogens is 186 g/mol. The fraction of sp³-hybridized carbons (Fsp3) is 0.923. The van der Waals surface area contributed by atoms with Crippen LogP contribution in [0.1, 0.15) is 46.0 Å². The second-order valence-corrected chi connectivity index (χ2v) is 5.73. The van der Waals surface area contributed by atoms with Crippen molar-refractivity contribution < 1.29 is 4.79 Å². The topological polar surface area (TPSA) is 20.3 Å². The largest absolute Gasteiger partial charge is 0.303 e. The third-order valence-corrected chi connectivity index (χ3v) is 3.91. The Morgan fingerprint density at radius 3 is 2.40 bits per heavy atom. The van der Waals surface area contributed by atoms with E-state index in [2.05, 4.69) is 18.7 Å². The van der Waals surface area contributed by atoms with Gasteiger partial charge in [-0.1, -0.05) is 13.8 Å². The van der Waals surface area contributed by atoms with Crippen LogP contribution in [0.25, 0.3) is 0 Å². The lowest BCUT2D eigenvalue weighted by Gasteiger charge is -2.31. The van der Waals surface area contributed by atoms with Gasteiger partial charge in [-0.3, -0.25) is 4.90 Å². The summed E-state index contributed by atoms with van der Waals surface area (Å²) in [6.45, 7) is 6.45. The molecule has 2 nitrogen and oxygen atoms in total. The van der Waals surface area contributed by atoms with Crippen molar-refractivity contribution in [3.63, 3.8) is 0 Å². The molecule has 0 N–H and O–H groups in total. The van der Waals surface area contributed by atoms with Crippen molar-refractivity contribution in [3.05, 3.63) is 0 Å². The minimum atomic E-state index is -0.114. The van der Waals surface area contributed by atoms with Gasteiger partial charge in [-0.15, -0.1) is 0 Å². The lowest BCUT2D eigenvalue weighted by atomic mass is 9.88. The summed E-state index contributed by atoms with van der Waals surface area (Å²) >= 11 is 0. The molecule has 1 unspecified atom stereocenters. The smallest absolute Gasteiger partial charge is 0.127 e. The Labute approximate surface area is 93.0 Å². The van der Waals surface area contributed by atoms with Crippen molar-refractivity contribution >= 4 is 6.29 Å². The van der Waals surface area contributed by atoms with Gasteiger partial charge in [0.15, 0.2) is 0 Å². The van der Waals surface area contributed by atoms with Crippen molar-refractivity contribution in [2.45, 2.75) is 52.0 Å². The van der Waals surface area contributed by atoms with Crippen molar-refractivity contribution in [1.29, 1.82) is 0 Å². The Hall–Kier alpha value is -0.370. The normalized spacial score (nSPS) is 25.3. The van der Waals surface area contributed by atoms with E-state index < -0.39 is 0 Å². The van der Waals surface area contributed by atoms with Crippen molar-refractivity contribution in [2.24, 2.45) is 11.3 Å². The first-order valence-electron chi connectivity index (χ1n) is 6.37. The fourth-order valence-electron chi connectivity index (χ4n) is 2.11. The van der Waals surface area contributed by atoms with E-state index in [0.29, 0.717) is 0 Å². The van der Waals surface area contributed by atoms with Crippen molar-refractivity contribution in [3.8, 4) is 0 Å². The Kier molecular flexibility index (Phi) is 3.15. The zero-order valence-corrected chi connectivity index (χ0v) is 10.0. The van der Waals surface area contributed by atoms with E-state index in [9.17, 15) is 4.79 Å². The first kappa shape index (κ1) is 11.1. The van der Waals surface area contributed by atoms with E-state index in [-0.39, 0.29) is 5.41 Å². The minimum Gasteiger partial charge on any atom is -0.303 e. The average molecular weight is 209 g/mol. The summed E-state index contributed by atoms with van der Waals surface area (Å²) in [5.74, 6) is 0.943. The number of carbonyl (C=O) groups is 1. The number of carbonyl (C=O) groups excluding carboxylic acids is 1. The first-order valence-corrected chi connectivity index (χ1v) is 6.37. The predicted molar refractivity (Wildman–Crippen MR) is 61.8 cm³/mol. The molecule has 2 fully saturated rings. The zero-order valence-electron chi connectivity index (χ0n) is 10.0. The maximum absolute atomic E-state index is 11.1. The van der Waals surface area contributed by atoms with Gasteiger partial charge < -0.3 is 4.79 Å². The second kappa shape index (κ2) is 4.25. The van der Waals surface area contributed by atoms with Crippen LogP contribution in [0.3, 0.4) is 0 Å². The van der Waals surface area contributed by atoms with Gasteiger partial charge in [0.25, 0.3) is 0 Å². The van der Waals surface area contributed by atoms with E-state index in [1.807, 2.05) is 0 Å². The van der Waals surface area contributed by atoms with Crippen LogP contribution in [-0.4, -0.2) is 30.3 Å². The van der Waals surface area contributed by atoms with Crippen LogP contribution >= 0.6 is 0 Å². The van der Waals surface area contributed by atoms with E-state index >= 15 is 0 Å². The molecule has 2 rings (SSSR count). The Bertz CT molecular complexity index is 233. The number of hydrogen-bond acceptors (Lipinski definition) is 2. The van der Waals surface area contributed by atoms with Gasteiger partial charge >= 0.3 is 0 Å². The van der Waals surface area contributed by atoms with Gasteiger partial charge in [0.2, 0.25) is 0 Å². The molecule has 2 aliphatic carbocycles. The maximum Gasteiger partial charge on any atom is 0.127 e. The molecule has 0 aliphatic heterocycles. The molecule has 0 saturated heterocycles. The summed E-state index contributed by atoms with van der Waals surface area (Å²) in [6, 6.07) is 0.802. The van der Waals surface area contributed by atoms with Crippen LogP contribution in [0.5, 0.6) is 0 Å². The minimum absolute atomic E-state index is 0.114. The second-order valence-electron chi connectivity index (χ2n) is 5.73. The molecule has 2 heteroatoms. The Balaban J connectivity index is 1.88. The highest BCUT2D eigenvalue weighted by Gasteiger charge is 2.37. The molecule has 0 aromatic heterocycles. The van der Waals surface area contributed by atoms with Crippen LogP contribution in [-0.2, 0) is 4.79 Å². The van der Waals surface area contributed by atoms with E-state index in [1.165, 1.54) is 32.2 Å². The molecule has 0 aromatic carbocycles. The Morgan fingerprint density at radius 2 is 2.00 bits per heavy atom. The molecule has 0 heterocycles. The van der Waals surface area contributed by atoms with Crippen LogP contribution < -0.4 is 0 Å². The summed E-state index contributed by atoms with van der Waals surface area (Å²) in [4.78, 5) is 13.7. The molecule has 2 aliphatic rings. The highest BCUT2D eigenvalue weighted by atomic mass is 16.1. The standard InChI is InChI=1S/C13H23NO/c1-3-13(2,10-15)9-14(12-6-7-12)8-11-4-5-11/h10-12H,3-9H2,1-2H3. The van der Waals surface area contributed by atoms with Crippen molar-refractivity contribution in [2.75, 3.05) is 13.1 Å². The zero-order chi connectivity index (χ0) is 10.9. The van der Waals surface area contributed by atoms with E-state index in [0.717, 1.165) is 31.2 Å². The third-order valence-electron chi connectivity index (χ3n) is 3.91. The number of nitrogens with zero attached hydrogens (tertiary/aromatic N) is 1. The van der Waals surface area contributed by atoms with E-state index in [1.54, 1.807) is 0 Å². The monoisotopic (exact) mass is 209 g/mol. The van der Waals surface area contributed by atoms with Crippen molar-refractivity contribution in [1.82, 2.24) is 4.90 Å². The molecule has 0 radical (unpaired) electrons. The molecule has 0 aromatic rings. The number of aldehydes is 1. The molecule has 15 heavy (non-hydrogen) atoms. The van der Waals surface area contributed by atoms with Crippen LogP contribution in [0.15, 0.2) is 0 Å². The van der Waals surface area contributed by atoms with Crippen LogP contribution in [0.2, 0.25) is 0 Å². The summed E-state index contributed by atoms with van der Waals surface area (Å²) in [5.41, 5.74) is -0.114. The predicted octanol–water partition coefficient (Wildman–Crippen LogP) is 2.48. The van der Waals surface area contributed by atoms with Gasteiger partial charge in [0.1, 0.15) is 6.29 Å². The Morgan fingerprint density at radius 1 is 1.33 bits per heavy atom. The van der Waals surface area contributed by atoms with Gasteiger partial charge in [-0.05, 0) is 38.0 Å². The number of hydrogen-bond donors (Lipinski definition) is 0. The van der Waals surface area contributed by atoms with Gasteiger partial charge in [-0.25, -0.2) is 0 Å². The third kappa shape index (κ3) is 3.04. The maximum atomic E-state index is 11.1. The van der Waals surface area contributed by atoms with E-state index in [4.69, 9.17) is 0 Å². The highest BCUT2D eigenvalue weighted by molar-refractivity contribution is 5.58. The summed E-state index contributed by atoms with van der Waals surface area (Å²) in [6.07, 6.45) is 7.65. The van der Waals surface area contributed by atoms with Gasteiger partial charge in [0.05, 0.1) is 0 Å². The summed E-state index contributed by atoms with van der Waals surface area (Å²) < 4.78 is 0. The van der Waals surface area contributed by atoms with Crippen LogP contribution in [0.4, 0.5) is 0 Å². The molecule has 0 spiro atoms. The summed E-state index contributed by atoms with van der Waals surface area (Å²) in [7, 11) is 0. The molecule has 0 bridgehead atoms. The lowest BCUT2D eigenvalue weighted by molar-refractivity contribution is -0.116. The molecular formula is C13H23NO. The van der Waals surface area contributed by atoms with Gasteiger partial charge in [-0.2, -0.15) is 0 Å². The average Bonchev–Trinajstić information content (AvgIpc) is 3.07. The first-order chi connectivity index (χ1) is 7.17. The summed E-state index contributed by atoms with van der Waals surface area (Å²) in [5, 5.41) is 0. The highest BCUT2D eigenvalue weighted by Crippen LogP contribution is 2.36. The molecule has 1 atom stereocenters. The fourth-order valence-corrected chi connectivity index (χ4v) is 2.11. The molecule has 0 amide bonds. The molecule has 86 valence electrons. The number of rotatable bonds is 7. The SMILES string of the molecule is CCC(C)(C=O)CN(CC1CC1)C1CC1. The van der Waals surface area contributed by atoms with Crippen LogP contribution in [0, 0.1) is 11.3 Å². The quantitative estimate of drug-likeness (QED) is 0.600. The lowest BCUT2D eigenvalue weighted by Crippen LogP contribution is -2.39. The van der Waals surface area contributed by atoms with Gasteiger partial charge in [0, 0.05) is 24.5 Å².